The van der Waals surface area contributed by atoms with Crippen LogP contribution in [0.5, 0.6) is 0 Å². The molecule has 89 heavy (non-hydrogen) atoms. The molecule has 0 unspecified atom stereocenters. The van der Waals surface area contributed by atoms with Gasteiger partial charge < -0.3 is 13.6 Å². The number of furan rings is 1. The van der Waals surface area contributed by atoms with Crippen molar-refractivity contribution in [1.29, 1.82) is 0 Å². The van der Waals surface area contributed by atoms with Crippen molar-refractivity contribution in [2.24, 2.45) is 0 Å². The first-order valence-electron chi connectivity index (χ1n) is 47.4. The van der Waals surface area contributed by atoms with Gasteiger partial charge in [-0.3, -0.25) is 4.57 Å². The molecule has 0 saturated heterocycles. The van der Waals surface area contributed by atoms with E-state index in [0.717, 1.165) is 4.57 Å². The van der Waals surface area contributed by atoms with Crippen LogP contribution in [0, 0.1) is 0 Å². The molecule has 0 radical (unpaired) electrons. The Morgan fingerprint density at radius 3 is 1.57 bits per heavy atom. The largest absolute Gasteiger partial charge is 0.456 e. The maximum Gasteiger partial charge on any atom is 0.238 e. The third-order valence-corrected chi connectivity index (χ3v) is 19.3. The van der Waals surface area contributed by atoms with Crippen molar-refractivity contribution in [3.63, 3.8) is 0 Å². The van der Waals surface area contributed by atoms with Gasteiger partial charge in [0.1, 0.15) is 11.2 Å². The predicted molar refractivity (Wildman–Crippen MR) is 370 cm³/mol. The molecule has 0 N–H and O–H groups in total. The Morgan fingerprint density at radius 1 is 0.326 bits per heavy atom. The van der Waals surface area contributed by atoms with Crippen LogP contribution in [0.2, 0.25) is 0 Å². The van der Waals surface area contributed by atoms with E-state index in [1.54, 1.807) is 24.3 Å². The van der Waals surface area contributed by atoms with Crippen molar-refractivity contribution in [3.8, 4) is 51.2 Å². The number of benzene rings is 13. The van der Waals surface area contributed by atoms with Crippen LogP contribution >= 0.6 is 0 Å². The van der Waals surface area contributed by atoms with Crippen LogP contribution in [0.25, 0.3) is 139 Å². The Kier molecular flexibility index (Phi) is 5.58. The maximum absolute atomic E-state index is 11.2. The number of rotatable bonds is 10. The number of fused-ring (bicyclic) bond motifs is 13. The van der Waals surface area contributed by atoms with Crippen LogP contribution in [0.4, 0.5) is 0 Å². The molecule has 0 saturated carbocycles. The van der Waals surface area contributed by atoms with E-state index in [-0.39, 0.29) is 27.4 Å². The first-order chi connectivity index (χ1) is 61.2. The summed E-state index contributed by atoms with van der Waals surface area (Å²) in [6.45, 7) is 0. The molecule has 5 heterocycles. The molecule has 0 aliphatic carbocycles. The summed E-state index contributed by atoms with van der Waals surface area (Å²) in [4.78, 5) is 14.4. The summed E-state index contributed by atoms with van der Waals surface area (Å²) < 4.78 is 406. The number of aromatic nitrogens is 6. The first-order valence-corrected chi connectivity index (χ1v) is 28.9. The molecule has 0 atom stereocenters. The molecule has 13 aromatic carbocycles. The minimum atomic E-state index is -6.92. The van der Waals surface area contributed by atoms with Crippen LogP contribution in [-0.4, -0.2) is 36.7 Å². The fourth-order valence-electron chi connectivity index (χ4n) is 11.7. The average molecular weight is 1190 g/mol. The fourth-order valence-corrected chi connectivity index (χ4v) is 15.3. The lowest BCUT2D eigenvalue weighted by atomic mass is 10.0. The van der Waals surface area contributed by atoms with E-state index < -0.39 is 371 Å². The van der Waals surface area contributed by atoms with Crippen molar-refractivity contribution in [2.75, 3.05) is 0 Å². The smallest absolute Gasteiger partial charge is 0.238 e. The second-order valence-electron chi connectivity index (χ2n) is 19.9. The fraction of sp³-hybridized carbons (Fsp3) is 0. The second kappa shape index (κ2) is 20.2. The predicted octanol–water partition coefficient (Wildman–Crippen LogP) is 17.4. The molecule has 5 aromatic heterocycles. The Labute approximate surface area is 570 Å². The molecular weight excluding hydrogens is 1100 g/mol. The van der Waals surface area contributed by atoms with Crippen LogP contribution in [0.15, 0.2) is 319 Å². The standard InChI is InChI=1S/C81H52N6OSi/c1-4-26-56(27-5-1)85-70-42-18-12-37-65(70)77-73(85)48-49-74-78(77)66-38-13-19-43-71(66)87(74)81-83-79(82-80(84-81)67-39-14-20-44-72(67)86-68-40-16-10-34-61(68)62-35-11-17-41-69(62)86)55-25-23-33-60(51-55)89(57-28-6-2-7-29-57,58-30-8-3-9-31-58)59-32-22-24-53(50-59)54-46-47-64-63-36-15-21-45-75(63)88-76(64)52-54/h1-52H/i1D,2D,3D,4D,5D,6D,7D,8D,9D,10D,11D,13D,14D,16D,17D,19D,20D,22D,23D,24D,25D,26D,27D,28D,29D,30D,31D,32D,33D,34D,35D,38D,39D,40D,41D,43D,44D,48D,49D,50D,51D. The molecule has 7 nitrogen and oxygen atoms in total. The summed E-state index contributed by atoms with van der Waals surface area (Å²) in [5, 5.41) is -6.89. The summed E-state index contributed by atoms with van der Waals surface area (Å²) in [5.41, 5.74) is -8.43. The van der Waals surface area contributed by atoms with Crippen LogP contribution in [-0.2, 0) is 0 Å². The van der Waals surface area contributed by atoms with E-state index >= 15 is 0 Å². The quantitative estimate of drug-likeness (QED) is 0.101. The third-order valence-electron chi connectivity index (χ3n) is 15.3. The lowest BCUT2D eigenvalue weighted by Gasteiger charge is -2.35. The highest BCUT2D eigenvalue weighted by molar-refractivity contribution is 7.20. The van der Waals surface area contributed by atoms with E-state index in [0.29, 0.717) is 25.5 Å². The van der Waals surface area contributed by atoms with E-state index in [9.17, 15) is 43.9 Å². The Bertz CT molecular complexity index is 8180. The zero-order valence-corrected chi connectivity index (χ0v) is 45.9. The second-order valence-corrected chi connectivity index (χ2v) is 23.4. The number of hydrogen-bond acceptors (Lipinski definition) is 4. The van der Waals surface area contributed by atoms with Gasteiger partial charge in [-0.15, -0.1) is 0 Å². The molecule has 0 spiro atoms. The van der Waals surface area contributed by atoms with Crippen LogP contribution < -0.4 is 20.7 Å². The normalized spacial score (nSPS) is 18.5. The van der Waals surface area contributed by atoms with E-state index in [2.05, 4.69) is 0 Å². The van der Waals surface area contributed by atoms with Crippen LogP contribution in [0.3, 0.4) is 0 Å². The molecule has 0 bridgehead atoms. The van der Waals surface area contributed by atoms with Gasteiger partial charge in [-0.05, 0) is 111 Å². The van der Waals surface area contributed by atoms with E-state index in [4.69, 9.17) is 31.7 Å². The van der Waals surface area contributed by atoms with Gasteiger partial charge in [0.2, 0.25) is 5.95 Å². The molecule has 0 aliphatic rings. The average Bonchev–Trinajstić information content (AvgIpc) is 0.966. The van der Waals surface area contributed by atoms with Gasteiger partial charge >= 0.3 is 0 Å². The number of hydrogen-bond donors (Lipinski definition) is 0. The molecule has 0 fully saturated rings. The zero-order valence-electron chi connectivity index (χ0n) is 85.9. The summed E-state index contributed by atoms with van der Waals surface area (Å²) in [7, 11) is -6.92. The van der Waals surface area contributed by atoms with Gasteiger partial charge in [-0.1, -0.05) is 236 Å². The van der Waals surface area contributed by atoms with Crippen LogP contribution in [0.1, 0.15) is 56.2 Å². The maximum atomic E-state index is 11.2. The van der Waals surface area contributed by atoms with Crippen molar-refractivity contribution < 1.29 is 60.6 Å². The minimum absolute atomic E-state index is 0.0196. The molecular formula is C81H52N6OSi. The van der Waals surface area contributed by atoms with E-state index in [1.807, 2.05) is 0 Å². The molecule has 18 rings (SSSR count). The Hall–Kier alpha value is -11.7. The van der Waals surface area contributed by atoms with Gasteiger partial charge in [0.25, 0.3) is 0 Å². The molecule has 416 valence electrons. The summed E-state index contributed by atoms with van der Waals surface area (Å²) in [6, 6.07) is -31.1. The van der Waals surface area contributed by atoms with Gasteiger partial charge in [0, 0.05) is 59.9 Å². The molecule has 0 aliphatic heterocycles. The summed E-state index contributed by atoms with van der Waals surface area (Å²) in [5.74, 6) is -3.88. The highest BCUT2D eigenvalue weighted by atomic mass is 28.3. The Balaban J connectivity index is 1.10. The molecule has 18 aromatic rings. The highest BCUT2D eigenvalue weighted by Crippen LogP contribution is 2.43. The Morgan fingerprint density at radius 2 is 0.854 bits per heavy atom. The highest BCUT2D eigenvalue weighted by Gasteiger charge is 2.42. The number of para-hydroxylation sites is 7. The third kappa shape index (κ3) is 7.80. The van der Waals surface area contributed by atoms with Crippen molar-refractivity contribution in [1.82, 2.24) is 28.7 Å². The zero-order chi connectivity index (χ0) is 94.3. The molecule has 8 heteroatoms. The lowest BCUT2D eigenvalue weighted by molar-refractivity contribution is 0.669. The number of nitrogens with zero attached hydrogens (tertiary/aromatic N) is 6. The van der Waals surface area contributed by atoms with Gasteiger partial charge in [0.05, 0.1) is 95.0 Å². The van der Waals surface area contributed by atoms with Gasteiger partial charge in [-0.2, -0.15) is 9.97 Å². The molecule has 0 amide bonds. The SMILES string of the molecule is [2H]c1c([2H])c([2H])c(-n2c3ccccc3c3c4c5c([2H])c([2H])c([2H])c([2H])c5n(-c5nc(-c6c([2H])c([2H])c([2H])c([Si](c7c([2H])c([2H])c([2H])c([2H])c7[2H])(c7c([2H])c([2H])c([2H])c([2H])c7[2H])c7c([2H])c([2H])c([2H])c(-c8ccc9c(c8)oc8ccccc89)c7[2H])c6[2H])nc(-c6c([2H])c([2H])c([2H])c([2H])c6-n6c7c([2H])c([2H])c([2H])c([2H])c7c7c([2H])c([2H])c([2H])c([2H])c76)n5)c4c([2H])c([2H])c32)c([2H])c1[2H]. The van der Waals surface area contributed by atoms with Gasteiger partial charge in [0.15, 0.2) is 19.7 Å². The van der Waals surface area contributed by atoms with Gasteiger partial charge in [-0.25, -0.2) is 4.98 Å². The monoisotopic (exact) mass is 1190 g/mol. The summed E-state index contributed by atoms with van der Waals surface area (Å²) in [6.07, 6.45) is 0. The summed E-state index contributed by atoms with van der Waals surface area (Å²) >= 11 is 0. The van der Waals surface area contributed by atoms with E-state index in [1.165, 1.54) is 42.5 Å². The van der Waals surface area contributed by atoms with Crippen molar-refractivity contribution in [3.05, 3.63) is 314 Å². The van der Waals surface area contributed by atoms with Crippen molar-refractivity contribution in [2.45, 2.75) is 0 Å². The van der Waals surface area contributed by atoms with Crippen molar-refractivity contribution >= 4 is 116 Å². The topological polar surface area (TPSA) is 66.6 Å². The minimum Gasteiger partial charge on any atom is -0.456 e. The lowest BCUT2D eigenvalue weighted by Crippen LogP contribution is -2.74. The first kappa shape index (κ1) is 24.6.